The smallest absolute Gasteiger partial charge is 0.190 e. The summed E-state index contributed by atoms with van der Waals surface area (Å²) in [5.41, 5.74) is 1.10. The van der Waals surface area contributed by atoms with Crippen molar-refractivity contribution in [2.24, 2.45) is 22.7 Å². The highest BCUT2D eigenvalue weighted by Crippen LogP contribution is 2.63. The number of carbonyl (C=O) groups is 2. The number of aliphatic hydroxyl groups excluding tert-OH is 1. The Morgan fingerprint density at radius 3 is 2.65 bits per heavy atom. The summed E-state index contributed by atoms with van der Waals surface area (Å²) in [6.07, 6.45) is 11.8. The first-order valence-corrected chi connectivity index (χ1v) is 9.42. The number of Topliss-reactive ketones (excluding diaryl/α,β-unsaturated/α-hetero) is 1. The molecule has 0 saturated heterocycles. The average Bonchev–Trinajstić information content (AvgIpc) is 2.83. The second kappa shape index (κ2) is 5.37. The molecule has 5 atom stereocenters. The molecule has 0 aromatic carbocycles. The van der Waals surface area contributed by atoms with Crippen molar-refractivity contribution in [3.05, 3.63) is 47.1 Å². The van der Waals surface area contributed by atoms with Gasteiger partial charge in [0.25, 0.3) is 0 Å². The van der Waals surface area contributed by atoms with Gasteiger partial charge >= 0.3 is 0 Å². The van der Waals surface area contributed by atoms with E-state index in [0.717, 1.165) is 24.8 Å². The molecule has 0 heterocycles. The van der Waals surface area contributed by atoms with Crippen LogP contribution in [0.2, 0.25) is 0 Å². The fourth-order valence-electron chi connectivity index (χ4n) is 5.96. The van der Waals surface area contributed by atoms with Crippen LogP contribution >= 0.6 is 0 Å². The molecule has 0 bridgehead atoms. The monoisotopic (exact) mass is 354 g/mol. The lowest BCUT2D eigenvalue weighted by Crippen LogP contribution is -2.55. The van der Waals surface area contributed by atoms with Gasteiger partial charge in [-0.05, 0) is 55.7 Å². The Bertz CT molecular complexity index is 829. The first-order valence-electron chi connectivity index (χ1n) is 9.42. The van der Waals surface area contributed by atoms with Gasteiger partial charge in [-0.1, -0.05) is 43.2 Å². The lowest BCUT2D eigenvalue weighted by molar-refractivity contribution is -0.154. The van der Waals surface area contributed by atoms with E-state index < -0.39 is 23.4 Å². The fraction of sp³-hybridized carbons (Fsp3) is 0.545. The van der Waals surface area contributed by atoms with Crippen LogP contribution in [0.1, 0.15) is 40.0 Å². The molecular weight excluding hydrogens is 328 g/mol. The Morgan fingerprint density at radius 2 is 1.96 bits per heavy atom. The van der Waals surface area contributed by atoms with Crippen molar-refractivity contribution < 1.29 is 19.8 Å². The first-order chi connectivity index (χ1) is 12.2. The van der Waals surface area contributed by atoms with E-state index in [1.807, 2.05) is 32.1 Å². The largest absolute Gasteiger partial charge is 0.388 e. The summed E-state index contributed by atoms with van der Waals surface area (Å²) in [4.78, 5) is 24.3. The van der Waals surface area contributed by atoms with Crippen molar-refractivity contribution in [3.63, 3.8) is 0 Å². The minimum Gasteiger partial charge on any atom is -0.388 e. The second-order valence-electron chi connectivity index (χ2n) is 8.70. The van der Waals surface area contributed by atoms with E-state index in [4.69, 9.17) is 0 Å². The van der Waals surface area contributed by atoms with Crippen LogP contribution in [-0.4, -0.2) is 34.0 Å². The van der Waals surface area contributed by atoms with Gasteiger partial charge in [-0.25, -0.2) is 0 Å². The SMILES string of the molecule is C[C@@H]1C[C@@H]2C3=C(C=C[C@]2(C)[C@@]1(O)C(=O)CO)[C@@]1(C)C=CC(=O)C=C1CC3. The third-order valence-electron chi connectivity index (χ3n) is 7.57. The molecule has 0 amide bonds. The molecule has 2 N–H and O–H groups in total. The number of rotatable bonds is 2. The van der Waals surface area contributed by atoms with E-state index in [2.05, 4.69) is 6.92 Å². The van der Waals surface area contributed by atoms with Crippen molar-refractivity contribution in [3.8, 4) is 0 Å². The Kier molecular flexibility index (Phi) is 3.64. The third kappa shape index (κ3) is 1.92. The summed E-state index contributed by atoms with van der Waals surface area (Å²) < 4.78 is 0. The molecular formula is C22H26O4. The number of hydrogen-bond acceptors (Lipinski definition) is 4. The molecule has 0 aromatic heterocycles. The molecule has 0 aliphatic heterocycles. The van der Waals surface area contributed by atoms with Crippen molar-refractivity contribution in [2.45, 2.75) is 45.6 Å². The van der Waals surface area contributed by atoms with E-state index in [-0.39, 0.29) is 23.0 Å². The quantitative estimate of drug-likeness (QED) is 0.799. The summed E-state index contributed by atoms with van der Waals surface area (Å²) in [5, 5.41) is 20.8. The predicted octanol–water partition coefficient (Wildman–Crippen LogP) is 2.67. The minimum atomic E-state index is -1.54. The van der Waals surface area contributed by atoms with Gasteiger partial charge in [0.05, 0.1) is 0 Å². The Balaban J connectivity index is 1.84. The van der Waals surface area contributed by atoms with E-state index in [0.29, 0.717) is 0 Å². The number of ketones is 2. The van der Waals surface area contributed by atoms with Crippen LogP contribution in [0.4, 0.5) is 0 Å². The van der Waals surface area contributed by atoms with E-state index in [1.165, 1.54) is 11.1 Å². The Hall–Kier alpha value is -1.78. The molecule has 138 valence electrons. The van der Waals surface area contributed by atoms with Gasteiger partial charge in [-0.3, -0.25) is 9.59 Å². The van der Waals surface area contributed by atoms with E-state index in [9.17, 15) is 19.8 Å². The minimum absolute atomic E-state index is 0.0450. The summed E-state index contributed by atoms with van der Waals surface area (Å²) in [6, 6.07) is 0. The van der Waals surface area contributed by atoms with Crippen molar-refractivity contribution in [1.82, 2.24) is 0 Å². The molecule has 1 saturated carbocycles. The molecule has 1 fully saturated rings. The number of allylic oxidation sites excluding steroid dienone is 7. The van der Waals surface area contributed by atoms with E-state index in [1.54, 1.807) is 12.2 Å². The lowest BCUT2D eigenvalue weighted by Gasteiger charge is -2.48. The topological polar surface area (TPSA) is 74.6 Å². The van der Waals surface area contributed by atoms with Crippen molar-refractivity contribution in [1.29, 1.82) is 0 Å². The Labute approximate surface area is 154 Å². The number of carbonyl (C=O) groups excluding carboxylic acids is 2. The maximum Gasteiger partial charge on any atom is 0.190 e. The molecule has 4 aliphatic rings. The highest BCUT2D eigenvalue weighted by Gasteiger charge is 2.65. The van der Waals surface area contributed by atoms with Gasteiger partial charge in [0.1, 0.15) is 12.2 Å². The van der Waals surface area contributed by atoms with Crippen LogP contribution in [0.15, 0.2) is 47.1 Å². The van der Waals surface area contributed by atoms with Gasteiger partial charge in [0.2, 0.25) is 0 Å². The summed E-state index contributed by atoms with van der Waals surface area (Å²) in [6.45, 7) is 5.36. The van der Waals surface area contributed by atoms with Crippen LogP contribution in [0.25, 0.3) is 0 Å². The molecule has 4 heteroatoms. The summed E-state index contributed by atoms with van der Waals surface area (Å²) >= 11 is 0. The zero-order valence-corrected chi connectivity index (χ0v) is 15.6. The van der Waals surface area contributed by atoms with Gasteiger partial charge in [-0.15, -0.1) is 0 Å². The standard InChI is InChI=1S/C22H26O4/c1-13-10-18-16-5-4-14-11-15(24)6-8-20(14,2)17(16)7-9-21(18,3)22(13,26)19(25)12-23/h6-9,11,13,18,23,26H,4-5,10,12H2,1-3H3/t13-,18-,20+,21+,22+/m1/s1. The molecule has 26 heavy (non-hydrogen) atoms. The predicted molar refractivity (Wildman–Crippen MR) is 98.2 cm³/mol. The first kappa shape index (κ1) is 17.6. The number of aliphatic hydroxyl groups is 2. The van der Waals surface area contributed by atoms with Crippen molar-refractivity contribution >= 4 is 11.6 Å². The molecule has 0 unspecified atom stereocenters. The maximum absolute atomic E-state index is 12.5. The van der Waals surface area contributed by atoms with Gasteiger partial charge in [0, 0.05) is 10.8 Å². The normalized spacial score (nSPS) is 43.7. The fourth-order valence-corrected chi connectivity index (χ4v) is 5.96. The van der Waals surface area contributed by atoms with Crippen molar-refractivity contribution in [2.75, 3.05) is 6.61 Å². The molecule has 4 nitrogen and oxygen atoms in total. The zero-order valence-electron chi connectivity index (χ0n) is 15.6. The molecule has 0 radical (unpaired) electrons. The highest BCUT2D eigenvalue weighted by molar-refractivity contribution is 6.01. The van der Waals surface area contributed by atoms with Gasteiger partial charge < -0.3 is 10.2 Å². The average molecular weight is 354 g/mol. The van der Waals surface area contributed by atoms with Crippen LogP contribution < -0.4 is 0 Å². The zero-order chi connectivity index (χ0) is 18.9. The molecule has 4 aliphatic carbocycles. The third-order valence-corrected chi connectivity index (χ3v) is 7.57. The van der Waals surface area contributed by atoms with E-state index >= 15 is 0 Å². The summed E-state index contributed by atoms with van der Waals surface area (Å²) in [7, 11) is 0. The molecule has 0 aromatic rings. The summed E-state index contributed by atoms with van der Waals surface area (Å²) in [5.74, 6) is -0.595. The number of hydrogen-bond donors (Lipinski definition) is 2. The highest BCUT2D eigenvalue weighted by atomic mass is 16.3. The molecule has 4 rings (SSSR count). The van der Waals surface area contributed by atoms with Crippen LogP contribution in [0, 0.1) is 22.7 Å². The maximum atomic E-state index is 12.5. The second-order valence-corrected chi connectivity index (χ2v) is 8.70. The number of fused-ring (bicyclic) bond motifs is 4. The Morgan fingerprint density at radius 1 is 1.23 bits per heavy atom. The van der Waals surface area contributed by atoms with Crippen LogP contribution in [-0.2, 0) is 9.59 Å². The van der Waals surface area contributed by atoms with Gasteiger partial charge in [-0.2, -0.15) is 0 Å². The molecule has 0 spiro atoms. The van der Waals surface area contributed by atoms with Crippen LogP contribution in [0.3, 0.4) is 0 Å². The lowest BCUT2D eigenvalue weighted by atomic mass is 9.56. The van der Waals surface area contributed by atoms with Gasteiger partial charge in [0.15, 0.2) is 11.6 Å². The van der Waals surface area contributed by atoms with Crippen LogP contribution in [0.5, 0.6) is 0 Å².